The summed E-state index contributed by atoms with van der Waals surface area (Å²) in [6, 6.07) is 3.69. The normalized spacial score (nSPS) is 17.4. The minimum absolute atomic E-state index is 0.370. The van der Waals surface area contributed by atoms with Gasteiger partial charge in [-0.2, -0.15) is 0 Å². The van der Waals surface area contributed by atoms with Crippen molar-refractivity contribution >= 4 is 0 Å². The quantitative estimate of drug-likeness (QED) is 0.898. The number of rotatable bonds is 5. The van der Waals surface area contributed by atoms with Gasteiger partial charge in [-0.1, -0.05) is 13.3 Å². The third-order valence-corrected chi connectivity index (χ3v) is 3.77. The van der Waals surface area contributed by atoms with Crippen molar-refractivity contribution in [3.63, 3.8) is 0 Å². The molecule has 3 rings (SSSR count). The predicted molar refractivity (Wildman–Crippen MR) is 70.6 cm³/mol. The van der Waals surface area contributed by atoms with Gasteiger partial charge in [0.05, 0.1) is 18.9 Å². The molecule has 1 aliphatic carbocycles. The van der Waals surface area contributed by atoms with Gasteiger partial charge in [0.15, 0.2) is 5.76 Å². The second-order valence-electron chi connectivity index (χ2n) is 5.14. The fraction of sp³-hybridized carbons (Fsp3) is 0.571. The van der Waals surface area contributed by atoms with Crippen LogP contribution in [0.1, 0.15) is 44.3 Å². The van der Waals surface area contributed by atoms with Gasteiger partial charge in [0.25, 0.3) is 0 Å². The van der Waals surface area contributed by atoms with E-state index in [1.165, 1.54) is 19.3 Å². The van der Waals surface area contributed by atoms with Gasteiger partial charge in [0.2, 0.25) is 5.82 Å². The summed E-state index contributed by atoms with van der Waals surface area (Å²) in [5.74, 6) is 2.78. The summed E-state index contributed by atoms with van der Waals surface area (Å²) in [5, 5.41) is 14.3. The van der Waals surface area contributed by atoms with Crippen LogP contribution in [0.2, 0.25) is 0 Å². The molecule has 102 valence electrons. The number of aliphatic hydroxyl groups excluding tert-OH is 1. The van der Waals surface area contributed by atoms with Crippen molar-refractivity contribution in [2.45, 2.75) is 51.2 Å². The lowest BCUT2D eigenvalue weighted by atomic mass is 9.85. The Morgan fingerprint density at radius 2 is 2.37 bits per heavy atom. The average Bonchev–Trinajstić information content (AvgIpc) is 2.97. The molecule has 5 nitrogen and oxygen atoms in total. The lowest BCUT2D eigenvalue weighted by Gasteiger charge is -2.25. The fourth-order valence-corrected chi connectivity index (χ4v) is 2.30. The molecule has 1 fully saturated rings. The summed E-state index contributed by atoms with van der Waals surface area (Å²) < 4.78 is 7.21. The molecule has 2 aromatic rings. The van der Waals surface area contributed by atoms with Gasteiger partial charge in [-0.05, 0) is 31.4 Å². The molecule has 1 atom stereocenters. The smallest absolute Gasteiger partial charge is 0.217 e. The zero-order valence-corrected chi connectivity index (χ0v) is 11.1. The second kappa shape index (κ2) is 5.17. The monoisotopic (exact) mass is 261 g/mol. The van der Waals surface area contributed by atoms with Gasteiger partial charge in [0.1, 0.15) is 5.82 Å². The SMILES string of the molecule is CCC(O)Cn1nc(-c2ccco2)nc1C1CCC1. The number of aromatic nitrogens is 3. The van der Waals surface area contributed by atoms with Gasteiger partial charge in [0, 0.05) is 5.92 Å². The van der Waals surface area contributed by atoms with E-state index in [2.05, 4.69) is 10.1 Å². The molecule has 0 aromatic carbocycles. The number of aliphatic hydroxyl groups is 1. The van der Waals surface area contributed by atoms with E-state index < -0.39 is 0 Å². The Morgan fingerprint density at radius 3 is 2.95 bits per heavy atom. The standard InChI is InChI=1S/C14H19N3O2/c1-2-11(18)9-17-14(10-5-3-6-10)15-13(16-17)12-7-4-8-19-12/h4,7-8,10-11,18H,2-3,5-6,9H2,1H3. The van der Waals surface area contributed by atoms with Gasteiger partial charge in [-0.25, -0.2) is 9.67 Å². The first-order valence-corrected chi connectivity index (χ1v) is 6.94. The highest BCUT2D eigenvalue weighted by Gasteiger charge is 2.27. The molecule has 1 N–H and O–H groups in total. The van der Waals surface area contributed by atoms with Gasteiger partial charge < -0.3 is 9.52 Å². The Morgan fingerprint density at radius 1 is 1.53 bits per heavy atom. The largest absolute Gasteiger partial charge is 0.461 e. The number of furan rings is 1. The van der Waals surface area contributed by atoms with Crippen LogP contribution in [0.4, 0.5) is 0 Å². The van der Waals surface area contributed by atoms with Crippen molar-refractivity contribution < 1.29 is 9.52 Å². The first kappa shape index (κ1) is 12.4. The van der Waals surface area contributed by atoms with Crippen LogP contribution in [-0.2, 0) is 6.54 Å². The molecular weight excluding hydrogens is 242 g/mol. The lowest BCUT2D eigenvalue weighted by Crippen LogP contribution is -2.21. The van der Waals surface area contributed by atoms with E-state index >= 15 is 0 Å². The Balaban J connectivity index is 1.91. The summed E-state index contributed by atoms with van der Waals surface area (Å²) in [7, 11) is 0. The molecule has 0 spiro atoms. The van der Waals surface area contributed by atoms with Crippen LogP contribution in [0.25, 0.3) is 11.6 Å². The Hall–Kier alpha value is -1.62. The summed E-state index contributed by atoms with van der Waals surface area (Å²) in [6.45, 7) is 2.48. The maximum Gasteiger partial charge on any atom is 0.217 e. The minimum atomic E-state index is -0.370. The van der Waals surface area contributed by atoms with Crippen molar-refractivity contribution in [3.05, 3.63) is 24.2 Å². The first-order chi connectivity index (χ1) is 9.28. The van der Waals surface area contributed by atoms with Crippen molar-refractivity contribution in [2.75, 3.05) is 0 Å². The number of nitrogens with zero attached hydrogens (tertiary/aromatic N) is 3. The van der Waals surface area contributed by atoms with Gasteiger partial charge >= 0.3 is 0 Å². The summed E-state index contributed by atoms with van der Waals surface area (Å²) >= 11 is 0. The molecule has 2 heterocycles. The van der Waals surface area contributed by atoms with Gasteiger partial charge in [-0.15, -0.1) is 5.10 Å². The van der Waals surface area contributed by atoms with Crippen molar-refractivity contribution in [1.29, 1.82) is 0 Å². The topological polar surface area (TPSA) is 64.1 Å². The molecule has 0 amide bonds. The zero-order chi connectivity index (χ0) is 13.2. The van der Waals surface area contributed by atoms with E-state index in [1.807, 2.05) is 23.7 Å². The van der Waals surface area contributed by atoms with Crippen LogP contribution in [0.15, 0.2) is 22.8 Å². The summed E-state index contributed by atoms with van der Waals surface area (Å²) in [5.41, 5.74) is 0. The molecule has 0 saturated heterocycles. The minimum Gasteiger partial charge on any atom is -0.461 e. The Labute approximate surface area is 112 Å². The number of hydrogen-bond donors (Lipinski definition) is 1. The molecular formula is C14H19N3O2. The van der Waals surface area contributed by atoms with E-state index in [0.29, 0.717) is 24.0 Å². The molecule has 5 heteroatoms. The number of hydrogen-bond acceptors (Lipinski definition) is 4. The third kappa shape index (κ3) is 2.42. The highest BCUT2D eigenvalue weighted by molar-refractivity contribution is 5.45. The average molecular weight is 261 g/mol. The van der Waals surface area contributed by atoms with E-state index in [9.17, 15) is 5.11 Å². The molecule has 1 saturated carbocycles. The van der Waals surface area contributed by atoms with Crippen LogP contribution in [0.3, 0.4) is 0 Å². The summed E-state index contributed by atoms with van der Waals surface area (Å²) in [4.78, 5) is 4.61. The second-order valence-corrected chi connectivity index (χ2v) is 5.14. The molecule has 0 radical (unpaired) electrons. The van der Waals surface area contributed by atoms with Crippen LogP contribution in [0.5, 0.6) is 0 Å². The fourth-order valence-electron chi connectivity index (χ4n) is 2.30. The molecule has 2 aromatic heterocycles. The van der Waals surface area contributed by atoms with E-state index in [1.54, 1.807) is 6.26 Å². The first-order valence-electron chi connectivity index (χ1n) is 6.94. The Kier molecular flexibility index (Phi) is 3.38. The molecule has 0 bridgehead atoms. The highest BCUT2D eigenvalue weighted by Crippen LogP contribution is 2.36. The lowest BCUT2D eigenvalue weighted by molar-refractivity contribution is 0.142. The van der Waals surface area contributed by atoms with Crippen LogP contribution in [-0.4, -0.2) is 26.0 Å². The van der Waals surface area contributed by atoms with Crippen molar-refractivity contribution in [2.24, 2.45) is 0 Å². The van der Waals surface area contributed by atoms with Crippen molar-refractivity contribution in [3.8, 4) is 11.6 Å². The van der Waals surface area contributed by atoms with Crippen LogP contribution < -0.4 is 0 Å². The van der Waals surface area contributed by atoms with Gasteiger partial charge in [-0.3, -0.25) is 0 Å². The van der Waals surface area contributed by atoms with E-state index in [-0.39, 0.29) is 6.10 Å². The highest BCUT2D eigenvalue weighted by atomic mass is 16.3. The molecule has 1 unspecified atom stereocenters. The molecule has 1 aliphatic rings. The third-order valence-electron chi connectivity index (χ3n) is 3.77. The van der Waals surface area contributed by atoms with Crippen LogP contribution in [0, 0.1) is 0 Å². The Bertz CT molecular complexity index is 529. The van der Waals surface area contributed by atoms with E-state index in [4.69, 9.17) is 4.42 Å². The molecule has 0 aliphatic heterocycles. The van der Waals surface area contributed by atoms with Crippen LogP contribution >= 0.6 is 0 Å². The molecule has 19 heavy (non-hydrogen) atoms. The predicted octanol–water partition coefficient (Wildman–Crippen LogP) is 2.58. The maximum atomic E-state index is 9.84. The summed E-state index contributed by atoms with van der Waals surface area (Å²) in [6.07, 6.45) is 5.56. The van der Waals surface area contributed by atoms with Crippen molar-refractivity contribution in [1.82, 2.24) is 14.8 Å². The maximum absolute atomic E-state index is 9.84. The zero-order valence-electron chi connectivity index (χ0n) is 11.1. The van der Waals surface area contributed by atoms with E-state index in [0.717, 1.165) is 12.2 Å².